The highest BCUT2D eigenvalue weighted by Crippen LogP contribution is 2.19. The molecule has 0 saturated carbocycles. The van der Waals surface area contributed by atoms with E-state index in [9.17, 15) is 4.79 Å². The normalized spacial score (nSPS) is 31.6. The molecule has 10 heavy (non-hydrogen) atoms. The van der Waals surface area contributed by atoms with Gasteiger partial charge < -0.3 is 9.47 Å². The zero-order valence-corrected chi connectivity index (χ0v) is 6.29. The van der Waals surface area contributed by atoms with Crippen molar-refractivity contribution in [1.82, 2.24) is 0 Å². The van der Waals surface area contributed by atoms with E-state index in [1.165, 1.54) is 0 Å². The fourth-order valence-electron chi connectivity index (χ4n) is 1.12. The van der Waals surface area contributed by atoms with E-state index in [0.29, 0.717) is 0 Å². The summed E-state index contributed by atoms with van der Waals surface area (Å²) in [7, 11) is 0. The van der Waals surface area contributed by atoms with Crippen LogP contribution in [0.4, 0.5) is 4.79 Å². The molecule has 3 heteroatoms. The molecule has 0 radical (unpaired) electrons. The summed E-state index contributed by atoms with van der Waals surface area (Å²) in [4.78, 5) is 10.5. The Morgan fingerprint density at radius 2 is 1.60 bits per heavy atom. The third-order valence-electron chi connectivity index (χ3n) is 1.71. The first-order chi connectivity index (χ1) is 4.77. The number of carbonyl (C=O) groups is 1. The Hall–Kier alpha value is -0.730. The summed E-state index contributed by atoms with van der Waals surface area (Å²) in [6.45, 7) is 3.96. The second-order valence-electron chi connectivity index (χ2n) is 2.38. The molecule has 0 spiro atoms. The zero-order valence-electron chi connectivity index (χ0n) is 6.29. The molecule has 0 aromatic rings. The SMILES string of the molecule is CC[C@H]1OC(=O)O[C@@H]1CC. The molecule has 1 heterocycles. The highest BCUT2D eigenvalue weighted by atomic mass is 16.8. The quantitative estimate of drug-likeness (QED) is 0.553. The standard InChI is InChI=1S/C7H12O3/c1-3-5-6(4-2)10-7(8)9-5/h5-6H,3-4H2,1-2H3/t5-,6-/m1/s1. The molecule has 1 rings (SSSR count). The van der Waals surface area contributed by atoms with Crippen molar-refractivity contribution < 1.29 is 14.3 Å². The Labute approximate surface area is 60.3 Å². The zero-order chi connectivity index (χ0) is 7.56. The van der Waals surface area contributed by atoms with Gasteiger partial charge in [0.2, 0.25) is 0 Å². The van der Waals surface area contributed by atoms with Gasteiger partial charge in [-0.05, 0) is 12.8 Å². The molecule has 0 N–H and O–H groups in total. The lowest BCUT2D eigenvalue weighted by Gasteiger charge is -2.09. The third kappa shape index (κ3) is 1.23. The molecule has 0 bridgehead atoms. The van der Waals surface area contributed by atoms with Crippen molar-refractivity contribution in [1.29, 1.82) is 0 Å². The van der Waals surface area contributed by atoms with Crippen molar-refractivity contribution in [2.24, 2.45) is 0 Å². The van der Waals surface area contributed by atoms with Crippen LogP contribution in [0.15, 0.2) is 0 Å². The summed E-state index contributed by atoms with van der Waals surface area (Å²) >= 11 is 0. The summed E-state index contributed by atoms with van der Waals surface area (Å²) in [5.74, 6) is 0. The molecule has 0 aliphatic carbocycles. The highest BCUT2D eigenvalue weighted by molar-refractivity contribution is 5.62. The molecule has 3 nitrogen and oxygen atoms in total. The van der Waals surface area contributed by atoms with Crippen molar-refractivity contribution >= 4 is 6.16 Å². The third-order valence-corrected chi connectivity index (χ3v) is 1.71. The first-order valence-electron chi connectivity index (χ1n) is 3.65. The summed E-state index contributed by atoms with van der Waals surface area (Å²) in [6.07, 6.45) is 1.13. The molecule has 1 aliphatic rings. The van der Waals surface area contributed by atoms with E-state index in [2.05, 4.69) is 0 Å². The lowest BCUT2D eigenvalue weighted by Crippen LogP contribution is -2.20. The van der Waals surface area contributed by atoms with Gasteiger partial charge in [-0.15, -0.1) is 0 Å². The number of hydrogen-bond acceptors (Lipinski definition) is 3. The van der Waals surface area contributed by atoms with E-state index in [-0.39, 0.29) is 12.2 Å². The Balaban J connectivity index is 2.48. The second-order valence-corrected chi connectivity index (χ2v) is 2.38. The molecule has 0 aromatic carbocycles. The summed E-state index contributed by atoms with van der Waals surface area (Å²) in [5, 5.41) is 0. The van der Waals surface area contributed by atoms with E-state index < -0.39 is 6.16 Å². The van der Waals surface area contributed by atoms with Gasteiger partial charge in [-0.2, -0.15) is 0 Å². The van der Waals surface area contributed by atoms with Gasteiger partial charge in [0.15, 0.2) is 0 Å². The molecule has 0 aromatic heterocycles. The average molecular weight is 144 g/mol. The molecular formula is C7H12O3. The van der Waals surface area contributed by atoms with E-state index in [1.807, 2.05) is 13.8 Å². The largest absolute Gasteiger partial charge is 0.509 e. The number of carbonyl (C=O) groups excluding carboxylic acids is 1. The minimum atomic E-state index is -0.515. The van der Waals surface area contributed by atoms with Gasteiger partial charge in [-0.3, -0.25) is 0 Å². The van der Waals surface area contributed by atoms with E-state index >= 15 is 0 Å². The van der Waals surface area contributed by atoms with Gasteiger partial charge in [-0.25, -0.2) is 4.79 Å². The maximum absolute atomic E-state index is 10.5. The van der Waals surface area contributed by atoms with Crippen molar-refractivity contribution in [3.05, 3.63) is 0 Å². The van der Waals surface area contributed by atoms with Crippen molar-refractivity contribution in [2.75, 3.05) is 0 Å². The summed E-state index contributed by atoms with van der Waals surface area (Å²) < 4.78 is 9.71. The maximum atomic E-state index is 10.5. The molecule has 0 amide bonds. The van der Waals surface area contributed by atoms with Crippen LogP contribution in [0.5, 0.6) is 0 Å². The lowest BCUT2D eigenvalue weighted by atomic mass is 10.1. The minimum absolute atomic E-state index is 0.0162. The topological polar surface area (TPSA) is 35.5 Å². The Morgan fingerprint density at radius 1 is 1.20 bits per heavy atom. The average Bonchev–Trinajstić information content (AvgIpc) is 2.30. The molecule has 1 fully saturated rings. The fourth-order valence-corrected chi connectivity index (χ4v) is 1.12. The van der Waals surface area contributed by atoms with Gasteiger partial charge >= 0.3 is 6.16 Å². The molecule has 1 saturated heterocycles. The van der Waals surface area contributed by atoms with Crippen LogP contribution in [0.25, 0.3) is 0 Å². The van der Waals surface area contributed by atoms with E-state index in [1.54, 1.807) is 0 Å². The molecule has 0 unspecified atom stereocenters. The van der Waals surface area contributed by atoms with Crippen LogP contribution >= 0.6 is 0 Å². The Kier molecular flexibility index (Phi) is 2.14. The monoisotopic (exact) mass is 144 g/mol. The predicted octanol–water partition coefficient (Wildman–Crippen LogP) is 1.71. The second kappa shape index (κ2) is 2.90. The van der Waals surface area contributed by atoms with Crippen LogP contribution < -0.4 is 0 Å². The van der Waals surface area contributed by atoms with Gasteiger partial charge in [0, 0.05) is 0 Å². The Bertz CT molecular complexity index is 119. The van der Waals surface area contributed by atoms with Crippen LogP contribution in [-0.4, -0.2) is 18.4 Å². The molecule has 2 atom stereocenters. The number of rotatable bonds is 2. The van der Waals surface area contributed by atoms with Crippen molar-refractivity contribution in [2.45, 2.75) is 38.9 Å². The number of ether oxygens (including phenoxy) is 2. The maximum Gasteiger partial charge on any atom is 0.509 e. The van der Waals surface area contributed by atoms with Crippen LogP contribution in [0, 0.1) is 0 Å². The van der Waals surface area contributed by atoms with Crippen LogP contribution in [0.1, 0.15) is 26.7 Å². The molecule has 58 valence electrons. The number of hydrogen-bond donors (Lipinski definition) is 0. The van der Waals surface area contributed by atoms with Crippen LogP contribution in [-0.2, 0) is 9.47 Å². The van der Waals surface area contributed by atoms with E-state index in [0.717, 1.165) is 12.8 Å². The van der Waals surface area contributed by atoms with Crippen LogP contribution in [0.2, 0.25) is 0 Å². The van der Waals surface area contributed by atoms with Gasteiger partial charge in [0.25, 0.3) is 0 Å². The van der Waals surface area contributed by atoms with Crippen molar-refractivity contribution in [3.8, 4) is 0 Å². The molecule has 1 aliphatic heterocycles. The van der Waals surface area contributed by atoms with E-state index in [4.69, 9.17) is 9.47 Å². The van der Waals surface area contributed by atoms with Crippen LogP contribution in [0.3, 0.4) is 0 Å². The van der Waals surface area contributed by atoms with Gasteiger partial charge in [0.1, 0.15) is 12.2 Å². The Morgan fingerprint density at radius 3 is 1.90 bits per heavy atom. The lowest BCUT2D eigenvalue weighted by molar-refractivity contribution is 0.115. The summed E-state index contributed by atoms with van der Waals surface area (Å²) in [5.41, 5.74) is 0. The molecular weight excluding hydrogens is 132 g/mol. The predicted molar refractivity (Wildman–Crippen MR) is 35.7 cm³/mol. The minimum Gasteiger partial charge on any atom is -0.427 e. The first-order valence-corrected chi connectivity index (χ1v) is 3.65. The van der Waals surface area contributed by atoms with Gasteiger partial charge in [0.05, 0.1) is 0 Å². The van der Waals surface area contributed by atoms with Crippen molar-refractivity contribution in [3.63, 3.8) is 0 Å². The smallest absolute Gasteiger partial charge is 0.427 e. The number of cyclic esters (lactones) is 2. The highest BCUT2D eigenvalue weighted by Gasteiger charge is 2.33. The van der Waals surface area contributed by atoms with Gasteiger partial charge in [-0.1, -0.05) is 13.8 Å². The fraction of sp³-hybridized carbons (Fsp3) is 0.857. The first kappa shape index (κ1) is 7.38. The summed E-state index contributed by atoms with van der Waals surface area (Å²) in [6, 6.07) is 0.